The third-order valence-electron chi connectivity index (χ3n) is 4.02. The molecule has 0 saturated carbocycles. The molecular formula is C19H19N5S. The molecule has 25 heavy (non-hydrogen) atoms. The van der Waals surface area contributed by atoms with Gasteiger partial charge in [0, 0.05) is 7.05 Å². The number of benzene rings is 1. The normalized spacial score (nSPS) is 14.0. The summed E-state index contributed by atoms with van der Waals surface area (Å²) < 4.78 is 1.71. The van der Waals surface area contributed by atoms with Crippen molar-refractivity contribution in [3.05, 3.63) is 59.6 Å². The van der Waals surface area contributed by atoms with Gasteiger partial charge in [-0.3, -0.25) is 4.68 Å². The molecule has 0 aliphatic rings. The quantitative estimate of drug-likeness (QED) is 0.560. The van der Waals surface area contributed by atoms with Gasteiger partial charge in [0.2, 0.25) is 0 Å². The van der Waals surface area contributed by atoms with Gasteiger partial charge in [-0.25, -0.2) is 4.99 Å². The van der Waals surface area contributed by atoms with Crippen molar-refractivity contribution in [3.8, 4) is 16.6 Å². The fourth-order valence-corrected chi connectivity index (χ4v) is 3.31. The van der Waals surface area contributed by atoms with E-state index < -0.39 is 5.41 Å². The maximum Gasteiger partial charge on any atom is 0.128 e. The van der Waals surface area contributed by atoms with E-state index in [1.54, 1.807) is 16.0 Å². The number of nitriles is 1. The van der Waals surface area contributed by atoms with Crippen LogP contribution in [-0.2, 0) is 13.5 Å². The Morgan fingerprint density at radius 3 is 2.72 bits per heavy atom. The van der Waals surface area contributed by atoms with E-state index in [-0.39, 0.29) is 0 Å². The van der Waals surface area contributed by atoms with Crippen LogP contribution in [0.15, 0.2) is 59.0 Å². The smallest absolute Gasteiger partial charge is 0.128 e. The van der Waals surface area contributed by atoms with Gasteiger partial charge in [0.05, 0.1) is 17.1 Å². The summed E-state index contributed by atoms with van der Waals surface area (Å²) in [7, 11) is 1.85. The Labute approximate surface area is 151 Å². The van der Waals surface area contributed by atoms with Gasteiger partial charge in [-0.15, -0.1) is 11.3 Å². The summed E-state index contributed by atoms with van der Waals surface area (Å²) in [6, 6.07) is 16.1. The zero-order valence-corrected chi connectivity index (χ0v) is 15.0. The predicted molar refractivity (Wildman–Crippen MR) is 102 cm³/mol. The molecule has 0 bridgehead atoms. The van der Waals surface area contributed by atoms with Crippen LogP contribution in [0.2, 0.25) is 0 Å². The Morgan fingerprint density at radius 1 is 1.32 bits per heavy atom. The summed E-state index contributed by atoms with van der Waals surface area (Å²) in [6.07, 6.45) is 2.33. The Hall–Kier alpha value is -2.91. The molecule has 2 N–H and O–H groups in total. The zero-order valence-electron chi connectivity index (χ0n) is 14.2. The van der Waals surface area contributed by atoms with Crippen molar-refractivity contribution in [1.82, 2.24) is 9.78 Å². The Bertz CT molecular complexity index is 919. The molecule has 0 fully saturated rings. The summed E-state index contributed by atoms with van der Waals surface area (Å²) in [5.74, 6) is 0.296. The molecule has 126 valence electrons. The van der Waals surface area contributed by atoms with E-state index in [9.17, 15) is 5.26 Å². The van der Waals surface area contributed by atoms with Crippen LogP contribution in [0.1, 0.15) is 12.5 Å². The van der Waals surface area contributed by atoms with Crippen LogP contribution in [0, 0.1) is 16.7 Å². The lowest BCUT2D eigenvalue weighted by atomic mass is 9.84. The van der Waals surface area contributed by atoms with E-state index in [0.717, 1.165) is 16.1 Å². The summed E-state index contributed by atoms with van der Waals surface area (Å²) >= 11 is 1.60. The molecule has 2 heterocycles. The van der Waals surface area contributed by atoms with Crippen molar-refractivity contribution < 1.29 is 0 Å². The fourth-order valence-electron chi connectivity index (χ4n) is 2.59. The maximum absolute atomic E-state index is 9.72. The molecule has 0 amide bonds. The SMILES string of the molecule is Cn1cc(N=C(N)C(C)(C#N)Cc2ccccc2)c(-c2cccs2)n1. The molecule has 0 aliphatic heterocycles. The first-order chi connectivity index (χ1) is 12.0. The number of nitrogens with zero attached hydrogens (tertiary/aromatic N) is 4. The number of nitrogens with two attached hydrogens (primary N) is 1. The minimum absolute atomic E-state index is 0.296. The monoisotopic (exact) mass is 349 g/mol. The van der Waals surface area contributed by atoms with Crippen LogP contribution in [0.3, 0.4) is 0 Å². The first kappa shape index (κ1) is 16.9. The largest absolute Gasteiger partial charge is 0.386 e. The van der Waals surface area contributed by atoms with Crippen LogP contribution in [0.5, 0.6) is 0 Å². The average Bonchev–Trinajstić information content (AvgIpc) is 3.25. The first-order valence-corrected chi connectivity index (χ1v) is 8.77. The van der Waals surface area contributed by atoms with Crippen molar-refractivity contribution in [2.24, 2.45) is 23.2 Å². The average molecular weight is 349 g/mol. The van der Waals surface area contributed by atoms with Gasteiger partial charge >= 0.3 is 0 Å². The second-order valence-corrected chi connectivity index (χ2v) is 7.06. The van der Waals surface area contributed by atoms with E-state index in [2.05, 4.69) is 16.2 Å². The van der Waals surface area contributed by atoms with Crippen molar-refractivity contribution in [2.75, 3.05) is 0 Å². The van der Waals surface area contributed by atoms with Crippen LogP contribution >= 0.6 is 11.3 Å². The highest BCUT2D eigenvalue weighted by molar-refractivity contribution is 7.13. The highest BCUT2D eigenvalue weighted by Crippen LogP contribution is 2.33. The Morgan fingerprint density at radius 2 is 2.08 bits per heavy atom. The van der Waals surface area contributed by atoms with Crippen molar-refractivity contribution in [1.29, 1.82) is 5.26 Å². The highest BCUT2D eigenvalue weighted by atomic mass is 32.1. The van der Waals surface area contributed by atoms with E-state index in [4.69, 9.17) is 5.73 Å². The topological polar surface area (TPSA) is 80.0 Å². The third-order valence-corrected chi connectivity index (χ3v) is 4.89. The number of thiophene rings is 1. The lowest BCUT2D eigenvalue weighted by Crippen LogP contribution is -2.35. The summed E-state index contributed by atoms with van der Waals surface area (Å²) in [4.78, 5) is 5.59. The standard InChI is InChI=1S/C19H19N5S/c1-19(13-20,11-14-7-4-3-5-8-14)18(21)22-15-12-24(2)23-17(15)16-9-6-10-25-16/h3-10,12H,11H2,1-2H3,(H2,21,22). The highest BCUT2D eigenvalue weighted by Gasteiger charge is 2.30. The van der Waals surface area contributed by atoms with E-state index in [0.29, 0.717) is 17.9 Å². The number of amidine groups is 1. The zero-order chi connectivity index (χ0) is 17.9. The van der Waals surface area contributed by atoms with Gasteiger partial charge in [-0.1, -0.05) is 36.4 Å². The predicted octanol–water partition coefficient (Wildman–Crippen LogP) is 3.91. The van der Waals surface area contributed by atoms with Gasteiger partial charge in [0.15, 0.2) is 0 Å². The summed E-state index contributed by atoms with van der Waals surface area (Å²) in [6.45, 7) is 1.82. The minimum atomic E-state index is -0.885. The van der Waals surface area contributed by atoms with E-state index >= 15 is 0 Å². The Kier molecular flexibility index (Phi) is 4.68. The maximum atomic E-state index is 9.72. The molecule has 1 unspecified atom stereocenters. The lowest BCUT2D eigenvalue weighted by Gasteiger charge is -2.21. The molecule has 6 heteroatoms. The molecule has 2 aromatic heterocycles. The van der Waals surface area contributed by atoms with Crippen LogP contribution in [0.25, 0.3) is 10.6 Å². The van der Waals surface area contributed by atoms with E-state index in [1.807, 2.05) is 68.0 Å². The van der Waals surface area contributed by atoms with Crippen LogP contribution in [0.4, 0.5) is 5.69 Å². The van der Waals surface area contributed by atoms with Crippen molar-refractivity contribution in [2.45, 2.75) is 13.3 Å². The minimum Gasteiger partial charge on any atom is -0.386 e. The summed E-state index contributed by atoms with van der Waals surface area (Å²) in [5.41, 5.74) is 7.89. The number of aromatic nitrogens is 2. The molecule has 3 aromatic rings. The molecule has 5 nitrogen and oxygen atoms in total. The van der Waals surface area contributed by atoms with Crippen LogP contribution < -0.4 is 5.73 Å². The van der Waals surface area contributed by atoms with Gasteiger partial charge < -0.3 is 5.73 Å². The fraction of sp³-hybridized carbons (Fsp3) is 0.211. The lowest BCUT2D eigenvalue weighted by molar-refractivity contribution is 0.602. The molecule has 1 atom stereocenters. The molecule has 0 aliphatic carbocycles. The number of aryl methyl sites for hydroxylation is 1. The van der Waals surface area contributed by atoms with Gasteiger partial charge in [0.25, 0.3) is 0 Å². The number of rotatable bonds is 5. The van der Waals surface area contributed by atoms with Gasteiger partial charge in [-0.05, 0) is 30.4 Å². The van der Waals surface area contributed by atoms with Crippen molar-refractivity contribution >= 4 is 22.9 Å². The number of hydrogen-bond acceptors (Lipinski definition) is 4. The van der Waals surface area contributed by atoms with E-state index in [1.165, 1.54) is 0 Å². The summed E-state index contributed by atoms with van der Waals surface area (Å²) in [5, 5.41) is 16.2. The van der Waals surface area contributed by atoms with Crippen molar-refractivity contribution in [3.63, 3.8) is 0 Å². The van der Waals surface area contributed by atoms with Gasteiger partial charge in [0.1, 0.15) is 22.6 Å². The molecule has 0 spiro atoms. The number of aliphatic imine (C=N–C) groups is 1. The molecular weight excluding hydrogens is 330 g/mol. The second kappa shape index (κ2) is 6.91. The molecule has 3 rings (SSSR count). The van der Waals surface area contributed by atoms with Gasteiger partial charge in [-0.2, -0.15) is 10.4 Å². The number of hydrogen-bond donors (Lipinski definition) is 1. The van der Waals surface area contributed by atoms with Crippen LogP contribution in [-0.4, -0.2) is 15.6 Å². The molecule has 0 radical (unpaired) electrons. The first-order valence-electron chi connectivity index (χ1n) is 7.89. The molecule has 1 aromatic carbocycles. The molecule has 0 saturated heterocycles. The third kappa shape index (κ3) is 3.62. The Balaban J connectivity index is 1.96. The second-order valence-electron chi connectivity index (χ2n) is 6.12.